The Balaban J connectivity index is 1.80. The van der Waals surface area contributed by atoms with E-state index in [1.807, 2.05) is 18.4 Å². The van der Waals surface area contributed by atoms with Gasteiger partial charge in [0, 0.05) is 27.4 Å². The van der Waals surface area contributed by atoms with Gasteiger partial charge in [0.25, 0.3) is 0 Å². The van der Waals surface area contributed by atoms with Crippen molar-refractivity contribution in [2.45, 2.75) is 30.2 Å². The van der Waals surface area contributed by atoms with E-state index < -0.39 is 11.2 Å². The molecule has 0 spiro atoms. The molecule has 4 nitrogen and oxygen atoms in total. The molecule has 0 atom stereocenters. The maximum Gasteiger partial charge on any atom is 0.173 e. The molecule has 1 heterocycles. The van der Waals surface area contributed by atoms with E-state index in [9.17, 15) is 19.0 Å². The van der Waals surface area contributed by atoms with E-state index in [-0.39, 0.29) is 23.1 Å². The highest BCUT2D eigenvalue weighted by Gasteiger charge is 2.30. The van der Waals surface area contributed by atoms with Crippen molar-refractivity contribution in [1.82, 2.24) is 9.55 Å². The van der Waals surface area contributed by atoms with Gasteiger partial charge in [-0.05, 0) is 54.1 Å². The van der Waals surface area contributed by atoms with Crippen LogP contribution in [-0.4, -0.2) is 19.8 Å². The van der Waals surface area contributed by atoms with E-state index in [1.54, 1.807) is 36.5 Å². The fraction of sp³-hybridized carbons (Fsp3) is 0.160. The first-order valence-corrected chi connectivity index (χ1v) is 11.5. The Morgan fingerprint density at radius 2 is 1.73 bits per heavy atom. The van der Waals surface area contributed by atoms with Gasteiger partial charge in [-0.25, -0.2) is 13.8 Å². The van der Waals surface area contributed by atoms with E-state index in [4.69, 9.17) is 11.6 Å². The van der Waals surface area contributed by atoms with Crippen LogP contribution in [0.25, 0.3) is 5.69 Å². The summed E-state index contributed by atoms with van der Waals surface area (Å²) < 4.78 is 29.8. The molecule has 4 aromatic rings. The number of aromatic nitrogens is 2. The minimum atomic E-state index is -0.652. The number of nitrogens with zero attached hydrogens (tertiary/aromatic N) is 2. The van der Waals surface area contributed by atoms with Crippen LogP contribution in [-0.2, 0) is 11.2 Å². The third-order valence-corrected chi connectivity index (χ3v) is 6.89. The minimum absolute atomic E-state index is 0.209. The predicted octanol–water partition coefficient (Wildman–Crippen LogP) is 6.83. The average molecular weight is 487 g/mol. The highest BCUT2D eigenvalue weighted by molar-refractivity contribution is 7.98. The summed E-state index contributed by atoms with van der Waals surface area (Å²) in [6.45, 7) is 3.91. The molecule has 3 aromatic carbocycles. The normalized spacial score (nSPS) is 11.7. The number of thioether (sulfide) groups is 1. The Bertz CT molecular complexity index is 1290. The number of hydrogen-bond acceptors (Lipinski definition) is 4. The summed E-state index contributed by atoms with van der Waals surface area (Å²) in [6, 6.07) is 15.2. The first-order chi connectivity index (χ1) is 15.7. The van der Waals surface area contributed by atoms with Gasteiger partial charge in [0.1, 0.15) is 11.6 Å². The summed E-state index contributed by atoms with van der Waals surface area (Å²) in [4.78, 5) is 4.58. The third-order valence-electron chi connectivity index (χ3n) is 5.56. The summed E-state index contributed by atoms with van der Waals surface area (Å²) in [5, 5.41) is 20.7. The maximum absolute atomic E-state index is 14.3. The van der Waals surface area contributed by atoms with Crippen LogP contribution in [0.3, 0.4) is 0 Å². The molecule has 0 fully saturated rings. The van der Waals surface area contributed by atoms with Crippen molar-refractivity contribution >= 4 is 23.4 Å². The number of phenols is 2. The molecule has 1 aromatic heterocycles. The van der Waals surface area contributed by atoms with Gasteiger partial charge in [-0.2, -0.15) is 0 Å². The van der Waals surface area contributed by atoms with Gasteiger partial charge in [0.05, 0.1) is 11.9 Å². The van der Waals surface area contributed by atoms with Gasteiger partial charge in [-0.15, -0.1) is 0 Å². The molecule has 0 saturated carbocycles. The Morgan fingerprint density at radius 3 is 2.39 bits per heavy atom. The molecular formula is C25H21ClF2N2O2S. The van der Waals surface area contributed by atoms with Crippen molar-refractivity contribution in [3.63, 3.8) is 0 Å². The standard InChI is InChI=1S/C25H21ClF2N2O2S/c1-25(2,15-6-11-21(31)22(32)12-15)23-13-29-24(30(23)17-9-7-16(27)8-10-17)33-14-18-19(26)4-3-5-20(18)28/h3-13,31-32H,14H2,1-2H3. The van der Waals surface area contributed by atoms with Gasteiger partial charge >= 0.3 is 0 Å². The number of aromatic hydroxyl groups is 2. The fourth-order valence-electron chi connectivity index (χ4n) is 3.58. The molecule has 0 aliphatic heterocycles. The van der Waals surface area contributed by atoms with E-state index in [2.05, 4.69) is 4.98 Å². The van der Waals surface area contributed by atoms with Gasteiger partial charge in [-0.1, -0.05) is 49.3 Å². The highest BCUT2D eigenvalue weighted by atomic mass is 35.5. The molecule has 4 rings (SSSR count). The zero-order valence-electron chi connectivity index (χ0n) is 17.9. The van der Waals surface area contributed by atoms with E-state index in [0.717, 1.165) is 11.3 Å². The van der Waals surface area contributed by atoms with Crippen molar-refractivity contribution in [2.75, 3.05) is 0 Å². The van der Waals surface area contributed by atoms with Crippen LogP contribution < -0.4 is 0 Å². The van der Waals surface area contributed by atoms with Crippen molar-refractivity contribution in [3.8, 4) is 17.2 Å². The minimum Gasteiger partial charge on any atom is -0.504 e. The number of halogens is 3. The third kappa shape index (κ3) is 4.56. The Hall–Kier alpha value is -3.03. The van der Waals surface area contributed by atoms with E-state index >= 15 is 0 Å². The second-order valence-electron chi connectivity index (χ2n) is 8.06. The van der Waals surface area contributed by atoms with Gasteiger partial charge in [0.2, 0.25) is 0 Å². The first kappa shape index (κ1) is 23.1. The number of benzene rings is 3. The molecule has 0 saturated heterocycles. The van der Waals surface area contributed by atoms with Crippen molar-refractivity contribution in [1.29, 1.82) is 0 Å². The van der Waals surface area contributed by atoms with Crippen LogP contribution in [0.2, 0.25) is 5.02 Å². The van der Waals surface area contributed by atoms with Crippen LogP contribution in [0.15, 0.2) is 72.0 Å². The smallest absolute Gasteiger partial charge is 0.173 e. The molecule has 0 aliphatic rings. The summed E-state index contributed by atoms with van der Waals surface area (Å²) in [6.07, 6.45) is 1.71. The van der Waals surface area contributed by atoms with E-state index in [1.165, 1.54) is 42.1 Å². The molecule has 0 bridgehead atoms. The van der Waals surface area contributed by atoms with E-state index in [0.29, 0.717) is 21.4 Å². The summed E-state index contributed by atoms with van der Waals surface area (Å²) in [5.74, 6) is -0.939. The van der Waals surface area contributed by atoms with Gasteiger partial charge in [-0.3, -0.25) is 4.57 Å². The van der Waals surface area contributed by atoms with Gasteiger partial charge in [0.15, 0.2) is 16.7 Å². The average Bonchev–Trinajstić information content (AvgIpc) is 3.20. The fourth-order valence-corrected chi connectivity index (χ4v) is 4.92. The second kappa shape index (κ2) is 9.08. The Labute approximate surface area is 199 Å². The maximum atomic E-state index is 14.3. The summed E-state index contributed by atoms with van der Waals surface area (Å²) in [7, 11) is 0. The largest absolute Gasteiger partial charge is 0.504 e. The first-order valence-electron chi connectivity index (χ1n) is 10.1. The molecule has 33 heavy (non-hydrogen) atoms. The Kier molecular flexibility index (Phi) is 6.36. The molecule has 0 unspecified atom stereocenters. The van der Waals surface area contributed by atoms with Crippen LogP contribution in [0.1, 0.15) is 30.7 Å². The molecule has 2 N–H and O–H groups in total. The van der Waals surface area contributed by atoms with Crippen molar-refractivity contribution in [2.24, 2.45) is 0 Å². The van der Waals surface area contributed by atoms with Crippen LogP contribution in [0, 0.1) is 11.6 Å². The molecule has 0 radical (unpaired) electrons. The zero-order chi connectivity index (χ0) is 23.8. The second-order valence-corrected chi connectivity index (χ2v) is 9.40. The molecule has 170 valence electrons. The molecular weight excluding hydrogens is 466 g/mol. The number of rotatable bonds is 6. The van der Waals surface area contributed by atoms with Crippen molar-refractivity contribution in [3.05, 3.63) is 100 Å². The number of phenolic OH excluding ortho intramolecular Hbond substituents is 2. The molecule has 8 heteroatoms. The lowest BCUT2D eigenvalue weighted by molar-refractivity contribution is 0.401. The lowest BCUT2D eigenvalue weighted by atomic mass is 9.81. The summed E-state index contributed by atoms with van der Waals surface area (Å²) >= 11 is 7.50. The molecule has 0 aliphatic carbocycles. The summed E-state index contributed by atoms with van der Waals surface area (Å²) in [5.41, 5.74) is 1.92. The quantitative estimate of drug-likeness (QED) is 0.231. The lowest BCUT2D eigenvalue weighted by Gasteiger charge is -2.27. The predicted molar refractivity (Wildman–Crippen MR) is 126 cm³/mol. The number of hydrogen-bond donors (Lipinski definition) is 2. The highest BCUT2D eigenvalue weighted by Crippen LogP contribution is 2.39. The molecule has 0 amide bonds. The zero-order valence-corrected chi connectivity index (χ0v) is 19.5. The number of imidazole rings is 1. The monoisotopic (exact) mass is 486 g/mol. The van der Waals surface area contributed by atoms with Crippen LogP contribution in [0.4, 0.5) is 8.78 Å². The van der Waals surface area contributed by atoms with Crippen LogP contribution >= 0.6 is 23.4 Å². The van der Waals surface area contributed by atoms with Crippen LogP contribution in [0.5, 0.6) is 11.5 Å². The Morgan fingerprint density at radius 1 is 1.00 bits per heavy atom. The lowest BCUT2D eigenvalue weighted by Crippen LogP contribution is -2.23. The topological polar surface area (TPSA) is 58.3 Å². The van der Waals surface area contributed by atoms with Crippen molar-refractivity contribution < 1.29 is 19.0 Å². The SMILES string of the molecule is CC(C)(c1ccc(O)c(O)c1)c1cnc(SCc2c(F)cccc2Cl)n1-c1ccc(F)cc1. The van der Waals surface area contributed by atoms with Gasteiger partial charge < -0.3 is 10.2 Å².